The molecule has 0 spiro atoms. The van der Waals surface area contributed by atoms with Gasteiger partial charge in [0, 0.05) is 5.56 Å². The fourth-order valence-corrected chi connectivity index (χ4v) is 4.89. The second-order valence-corrected chi connectivity index (χ2v) is 8.43. The molecule has 1 N–H and O–H groups in total. The average molecular weight is 460 g/mol. The van der Waals surface area contributed by atoms with Crippen LogP contribution in [0.1, 0.15) is 17.2 Å². The second-order valence-electron chi connectivity index (χ2n) is 7.42. The number of benzene rings is 3. The number of ketones is 1. The first kappa shape index (κ1) is 20.8. The number of rotatable bonds is 4. The molecular formula is C25H17FN2O4S. The van der Waals surface area contributed by atoms with E-state index in [1.54, 1.807) is 48.5 Å². The van der Waals surface area contributed by atoms with E-state index in [4.69, 9.17) is 4.74 Å². The van der Waals surface area contributed by atoms with E-state index in [0.717, 1.165) is 11.3 Å². The molecule has 1 amide bonds. The predicted octanol–water partition coefficient (Wildman–Crippen LogP) is 5.07. The SMILES string of the molecule is COc1ccc(C(O)=C2C(=O)C(=O)N(c3nc4ccc(F)cc4s3)C2c2ccccc2)cc1. The largest absolute Gasteiger partial charge is 0.507 e. The molecule has 1 aliphatic heterocycles. The topological polar surface area (TPSA) is 79.7 Å². The Morgan fingerprint density at radius 3 is 2.48 bits per heavy atom. The molecule has 2 heterocycles. The Balaban J connectivity index is 1.70. The first-order valence-electron chi connectivity index (χ1n) is 10.0. The van der Waals surface area contributed by atoms with Crippen LogP contribution in [0.4, 0.5) is 9.52 Å². The van der Waals surface area contributed by atoms with Crippen LogP contribution in [-0.2, 0) is 9.59 Å². The molecule has 5 rings (SSSR count). The van der Waals surface area contributed by atoms with Crippen molar-refractivity contribution < 1.29 is 23.8 Å². The number of nitrogens with zero attached hydrogens (tertiary/aromatic N) is 2. The van der Waals surface area contributed by atoms with Gasteiger partial charge in [-0.1, -0.05) is 41.7 Å². The van der Waals surface area contributed by atoms with Crippen molar-refractivity contribution in [3.05, 3.63) is 95.3 Å². The molecule has 1 atom stereocenters. The van der Waals surface area contributed by atoms with Gasteiger partial charge < -0.3 is 9.84 Å². The van der Waals surface area contributed by atoms with Crippen LogP contribution in [0.5, 0.6) is 5.75 Å². The quantitative estimate of drug-likeness (QED) is 0.261. The summed E-state index contributed by atoms with van der Waals surface area (Å²) in [6.45, 7) is 0. The molecule has 1 aliphatic rings. The van der Waals surface area contributed by atoms with E-state index in [-0.39, 0.29) is 16.5 Å². The highest BCUT2D eigenvalue weighted by atomic mass is 32.1. The summed E-state index contributed by atoms with van der Waals surface area (Å²) in [4.78, 5) is 32.1. The molecule has 1 aromatic heterocycles. The zero-order valence-corrected chi connectivity index (χ0v) is 18.2. The van der Waals surface area contributed by atoms with Gasteiger partial charge in [0.25, 0.3) is 5.78 Å². The number of hydrogen-bond acceptors (Lipinski definition) is 6. The first-order chi connectivity index (χ1) is 16.0. The maximum Gasteiger partial charge on any atom is 0.301 e. The number of aliphatic hydroxyl groups excluding tert-OH is 1. The van der Waals surface area contributed by atoms with E-state index >= 15 is 0 Å². The smallest absolute Gasteiger partial charge is 0.301 e. The Morgan fingerprint density at radius 1 is 1.06 bits per heavy atom. The number of amides is 1. The number of fused-ring (bicyclic) bond motifs is 1. The minimum Gasteiger partial charge on any atom is -0.507 e. The predicted molar refractivity (Wildman–Crippen MR) is 124 cm³/mol. The molecular weight excluding hydrogens is 443 g/mol. The third-order valence-electron chi connectivity index (χ3n) is 5.47. The van der Waals surface area contributed by atoms with Crippen molar-refractivity contribution in [3.63, 3.8) is 0 Å². The molecule has 33 heavy (non-hydrogen) atoms. The maximum atomic E-state index is 13.7. The third kappa shape index (κ3) is 3.54. The molecule has 8 heteroatoms. The van der Waals surface area contributed by atoms with Crippen LogP contribution in [0.3, 0.4) is 0 Å². The summed E-state index contributed by atoms with van der Waals surface area (Å²) in [5.74, 6) is -1.74. The zero-order valence-electron chi connectivity index (χ0n) is 17.4. The number of anilines is 1. The van der Waals surface area contributed by atoms with E-state index in [2.05, 4.69) is 4.98 Å². The lowest BCUT2D eigenvalue weighted by atomic mass is 9.95. The number of carbonyl (C=O) groups is 2. The molecule has 3 aromatic carbocycles. The molecule has 0 bridgehead atoms. The maximum absolute atomic E-state index is 13.7. The van der Waals surface area contributed by atoms with Crippen LogP contribution in [0, 0.1) is 5.82 Å². The van der Waals surface area contributed by atoms with Gasteiger partial charge in [0.15, 0.2) is 5.13 Å². The van der Waals surface area contributed by atoms with Crippen LogP contribution < -0.4 is 9.64 Å². The number of Topliss-reactive ketones (excluding diaryl/α,β-unsaturated/α-hetero) is 1. The van der Waals surface area contributed by atoms with Crippen LogP contribution in [-0.4, -0.2) is 28.9 Å². The second kappa shape index (κ2) is 8.14. The van der Waals surface area contributed by atoms with Crippen molar-refractivity contribution in [2.45, 2.75) is 6.04 Å². The van der Waals surface area contributed by atoms with Crippen LogP contribution in [0.25, 0.3) is 16.0 Å². The fraction of sp³-hybridized carbons (Fsp3) is 0.0800. The molecule has 0 aliphatic carbocycles. The van der Waals surface area contributed by atoms with E-state index in [0.29, 0.717) is 27.1 Å². The van der Waals surface area contributed by atoms with Gasteiger partial charge in [-0.15, -0.1) is 0 Å². The van der Waals surface area contributed by atoms with Crippen molar-refractivity contribution in [1.82, 2.24) is 4.98 Å². The number of aliphatic hydroxyl groups is 1. The average Bonchev–Trinajstić information content (AvgIpc) is 3.37. The molecule has 6 nitrogen and oxygen atoms in total. The van der Waals surface area contributed by atoms with Gasteiger partial charge >= 0.3 is 5.91 Å². The van der Waals surface area contributed by atoms with Gasteiger partial charge in [-0.3, -0.25) is 14.5 Å². The van der Waals surface area contributed by atoms with Crippen LogP contribution in [0.2, 0.25) is 0 Å². The fourth-order valence-electron chi connectivity index (χ4n) is 3.87. The van der Waals surface area contributed by atoms with Gasteiger partial charge in [0.1, 0.15) is 17.3 Å². The van der Waals surface area contributed by atoms with Crippen molar-refractivity contribution >= 4 is 44.1 Å². The first-order valence-corrected chi connectivity index (χ1v) is 10.9. The minimum absolute atomic E-state index is 0.0400. The third-order valence-corrected chi connectivity index (χ3v) is 6.49. The number of halogens is 1. The molecule has 1 unspecified atom stereocenters. The molecule has 4 aromatic rings. The summed E-state index contributed by atoms with van der Waals surface area (Å²) in [5, 5.41) is 11.4. The summed E-state index contributed by atoms with van der Waals surface area (Å²) < 4.78 is 19.4. The highest BCUT2D eigenvalue weighted by Gasteiger charge is 2.48. The number of hydrogen-bond donors (Lipinski definition) is 1. The number of methoxy groups -OCH3 is 1. The van der Waals surface area contributed by atoms with E-state index in [1.807, 2.05) is 6.07 Å². The normalized spacial score (nSPS) is 17.6. The lowest BCUT2D eigenvalue weighted by Crippen LogP contribution is -2.29. The molecule has 0 radical (unpaired) electrons. The van der Waals surface area contributed by atoms with Gasteiger partial charge in [0.2, 0.25) is 0 Å². The summed E-state index contributed by atoms with van der Waals surface area (Å²) >= 11 is 1.11. The zero-order chi connectivity index (χ0) is 23.1. The minimum atomic E-state index is -0.890. The van der Waals surface area contributed by atoms with Gasteiger partial charge in [-0.25, -0.2) is 9.37 Å². The Hall–Kier alpha value is -4.04. The highest BCUT2D eigenvalue weighted by molar-refractivity contribution is 7.22. The Kier molecular flexibility index (Phi) is 5.14. The van der Waals surface area contributed by atoms with Crippen molar-refractivity contribution in [3.8, 4) is 5.75 Å². The van der Waals surface area contributed by atoms with Crippen molar-refractivity contribution in [2.75, 3.05) is 12.0 Å². The highest BCUT2D eigenvalue weighted by Crippen LogP contribution is 2.44. The summed E-state index contributed by atoms with van der Waals surface area (Å²) in [5.41, 5.74) is 1.49. The van der Waals surface area contributed by atoms with Crippen molar-refractivity contribution in [1.29, 1.82) is 0 Å². The van der Waals surface area contributed by atoms with E-state index < -0.39 is 23.5 Å². The number of carbonyl (C=O) groups excluding carboxylic acids is 2. The molecule has 0 saturated carbocycles. The van der Waals surface area contributed by atoms with Gasteiger partial charge in [0.05, 0.1) is 28.9 Å². The van der Waals surface area contributed by atoms with E-state index in [1.165, 1.54) is 30.2 Å². The summed E-state index contributed by atoms with van der Waals surface area (Å²) in [6.07, 6.45) is 0. The van der Waals surface area contributed by atoms with Crippen LogP contribution >= 0.6 is 11.3 Å². The van der Waals surface area contributed by atoms with Gasteiger partial charge in [-0.05, 0) is 48.0 Å². The number of ether oxygens (including phenoxy) is 1. The van der Waals surface area contributed by atoms with E-state index in [9.17, 15) is 19.1 Å². The Labute approximate surface area is 192 Å². The summed E-state index contributed by atoms with van der Waals surface area (Å²) in [7, 11) is 1.53. The monoisotopic (exact) mass is 460 g/mol. The molecule has 1 saturated heterocycles. The lowest BCUT2D eigenvalue weighted by molar-refractivity contribution is -0.132. The summed E-state index contributed by atoms with van der Waals surface area (Å²) in [6, 6.07) is 18.8. The molecule has 164 valence electrons. The number of aromatic nitrogens is 1. The number of thiazole rings is 1. The Morgan fingerprint density at radius 2 is 1.79 bits per heavy atom. The van der Waals surface area contributed by atoms with Crippen molar-refractivity contribution in [2.24, 2.45) is 0 Å². The molecule has 1 fully saturated rings. The lowest BCUT2D eigenvalue weighted by Gasteiger charge is -2.22. The standard InChI is InChI=1S/C25H17FN2O4S/c1-32-17-10-7-15(8-11-17)22(29)20-21(14-5-3-2-4-6-14)28(24(31)23(20)30)25-27-18-12-9-16(26)13-19(18)33-25/h2-13,21,29H,1H3. The van der Waals surface area contributed by atoms with Gasteiger partial charge in [-0.2, -0.15) is 0 Å². The van der Waals surface area contributed by atoms with Crippen LogP contribution in [0.15, 0.2) is 78.4 Å². The Bertz CT molecular complexity index is 1410.